The van der Waals surface area contributed by atoms with Crippen molar-refractivity contribution in [1.29, 1.82) is 0 Å². The third-order valence-corrected chi connectivity index (χ3v) is 6.33. The zero-order valence-corrected chi connectivity index (χ0v) is 13.0. The lowest BCUT2D eigenvalue weighted by atomic mass is 9.62. The predicted octanol–water partition coefficient (Wildman–Crippen LogP) is 2.83. The van der Waals surface area contributed by atoms with Crippen molar-refractivity contribution in [3.63, 3.8) is 0 Å². The van der Waals surface area contributed by atoms with E-state index in [1.54, 1.807) is 0 Å². The Hall–Kier alpha value is -1.58. The lowest BCUT2D eigenvalue weighted by Gasteiger charge is -2.45. The Morgan fingerprint density at radius 1 is 1.23 bits per heavy atom. The molecule has 0 unspecified atom stereocenters. The van der Waals surface area contributed by atoms with Gasteiger partial charge in [0.1, 0.15) is 6.26 Å². The average Bonchev–Trinajstić information content (AvgIpc) is 2.70. The van der Waals surface area contributed by atoms with Crippen molar-refractivity contribution in [2.45, 2.75) is 45.1 Å². The summed E-state index contributed by atoms with van der Waals surface area (Å²) < 4.78 is 4.79. The first kappa shape index (κ1) is 14.0. The average molecular weight is 301 g/mol. The van der Waals surface area contributed by atoms with Gasteiger partial charge in [0.25, 0.3) is 5.91 Å². The van der Waals surface area contributed by atoms with Gasteiger partial charge >= 0.3 is 5.63 Å². The van der Waals surface area contributed by atoms with Gasteiger partial charge in [-0.25, -0.2) is 4.79 Å². The van der Waals surface area contributed by atoms with E-state index in [0.717, 1.165) is 23.7 Å². The van der Waals surface area contributed by atoms with Crippen molar-refractivity contribution in [3.05, 3.63) is 34.4 Å². The first-order chi connectivity index (χ1) is 10.6. The summed E-state index contributed by atoms with van der Waals surface area (Å²) in [5.41, 5.74) is 0.00269. The van der Waals surface area contributed by atoms with Crippen molar-refractivity contribution >= 4 is 5.91 Å². The summed E-state index contributed by atoms with van der Waals surface area (Å²) in [6, 6.07) is 3.02. The molecule has 6 atom stereocenters. The van der Waals surface area contributed by atoms with Crippen LogP contribution in [0.2, 0.25) is 0 Å². The molecule has 1 amide bonds. The highest BCUT2D eigenvalue weighted by Crippen LogP contribution is 2.58. The highest BCUT2D eigenvalue weighted by atomic mass is 16.4. The molecule has 1 aromatic heterocycles. The lowest BCUT2D eigenvalue weighted by molar-refractivity contribution is 0.0518. The Balaban J connectivity index is 1.48. The molecule has 3 fully saturated rings. The number of nitrogens with one attached hydrogen (secondary N) is 1. The van der Waals surface area contributed by atoms with E-state index in [4.69, 9.17) is 4.42 Å². The van der Waals surface area contributed by atoms with Gasteiger partial charge in [0, 0.05) is 12.1 Å². The highest BCUT2D eigenvalue weighted by molar-refractivity contribution is 5.93. The zero-order chi connectivity index (χ0) is 15.3. The lowest BCUT2D eigenvalue weighted by Crippen LogP contribution is -2.48. The first-order valence-electron chi connectivity index (χ1n) is 8.51. The molecule has 0 saturated heterocycles. The Labute approximate surface area is 130 Å². The predicted molar refractivity (Wildman–Crippen MR) is 82.4 cm³/mol. The number of carbonyl (C=O) groups excluding carboxylic acids is 1. The van der Waals surface area contributed by atoms with Crippen LogP contribution in [0.25, 0.3) is 0 Å². The van der Waals surface area contributed by atoms with Crippen LogP contribution in [0.3, 0.4) is 0 Å². The Morgan fingerprint density at radius 2 is 2.00 bits per heavy atom. The summed E-state index contributed by atoms with van der Waals surface area (Å²) >= 11 is 0. The zero-order valence-electron chi connectivity index (χ0n) is 13.0. The number of carbonyl (C=O) groups is 1. The number of fused-ring (bicyclic) bond motifs is 2. The van der Waals surface area contributed by atoms with Gasteiger partial charge in [-0.2, -0.15) is 0 Å². The van der Waals surface area contributed by atoms with Crippen LogP contribution >= 0.6 is 0 Å². The van der Waals surface area contributed by atoms with Crippen molar-refractivity contribution in [2.24, 2.45) is 29.6 Å². The molecule has 0 radical (unpaired) electrons. The summed E-state index contributed by atoms with van der Waals surface area (Å²) in [6.45, 7) is 2.15. The van der Waals surface area contributed by atoms with Gasteiger partial charge < -0.3 is 9.73 Å². The molecule has 3 aliphatic rings. The molecule has 0 aromatic carbocycles. The minimum atomic E-state index is -0.425. The van der Waals surface area contributed by atoms with Gasteiger partial charge in [0.2, 0.25) is 0 Å². The first-order valence-corrected chi connectivity index (χ1v) is 8.51. The summed E-state index contributed by atoms with van der Waals surface area (Å²) in [4.78, 5) is 23.3. The number of amides is 1. The van der Waals surface area contributed by atoms with E-state index in [9.17, 15) is 9.59 Å². The fourth-order valence-electron chi connectivity index (χ4n) is 5.60. The maximum atomic E-state index is 12.3. The standard InChI is InChI=1S/C18H23NO3/c1-10(19-18(21)14-4-5-16(20)22-9-14)17-13-3-2-12-6-11(7-13)8-15(12)17/h4-5,9-13,15,17H,2-3,6-8H2,1H3,(H,19,21)/t10-,11+,12+,13-,15+,17-/m1/s1. The molecule has 4 rings (SSSR count). The molecular formula is C18H23NO3. The second kappa shape index (κ2) is 5.25. The van der Waals surface area contributed by atoms with Crippen molar-refractivity contribution in [3.8, 4) is 0 Å². The van der Waals surface area contributed by atoms with Crippen molar-refractivity contribution in [2.75, 3.05) is 0 Å². The topological polar surface area (TPSA) is 59.3 Å². The quantitative estimate of drug-likeness (QED) is 0.934. The molecule has 0 spiro atoms. The van der Waals surface area contributed by atoms with Gasteiger partial charge in [-0.15, -0.1) is 0 Å². The summed E-state index contributed by atoms with van der Waals surface area (Å²) in [6.07, 6.45) is 8.13. The van der Waals surface area contributed by atoms with Crippen molar-refractivity contribution < 1.29 is 9.21 Å². The molecule has 1 heterocycles. The molecule has 3 aliphatic carbocycles. The third kappa shape index (κ3) is 2.29. The number of hydrogen-bond acceptors (Lipinski definition) is 3. The van der Waals surface area contributed by atoms with Gasteiger partial charge in [-0.05, 0) is 74.7 Å². The van der Waals surface area contributed by atoms with Crippen LogP contribution in [-0.2, 0) is 0 Å². The maximum absolute atomic E-state index is 12.3. The SMILES string of the molecule is C[C@@H](NC(=O)c1ccc(=O)oc1)[C@@H]1[C@@H]2CC[C@H]3C[C@@H](C2)C[C@@H]31. The number of rotatable bonds is 3. The summed E-state index contributed by atoms with van der Waals surface area (Å²) in [5, 5.41) is 3.15. The van der Waals surface area contributed by atoms with E-state index in [1.807, 2.05) is 0 Å². The monoisotopic (exact) mass is 301 g/mol. The van der Waals surface area contributed by atoms with E-state index in [1.165, 1.54) is 50.5 Å². The fraction of sp³-hybridized carbons (Fsp3) is 0.667. The van der Waals surface area contributed by atoms with Gasteiger partial charge in [-0.3, -0.25) is 4.79 Å². The Kier molecular flexibility index (Phi) is 3.35. The van der Waals surface area contributed by atoms with E-state index in [-0.39, 0.29) is 11.9 Å². The van der Waals surface area contributed by atoms with Gasteiger partial charge in [0.05, 0.1) is 5.56 Å². The molecule has 118 valence electrons. The molecule has 3 saturated carbocycles. The molecule has 22 heavy (non-hydrogen) atoms. The summed E-state index contributed by atoms with van der Waals surface area (Å²) in [7, 11) is 0. The van der Waals surface area contributed by atoms with Crippen LogP contribution < -0.4 is 10.9 Å². The second-order valence-corrected chi connectivity index (χ2v) is 7.52. The van der Waals surface area contributed by atoms with E-state index in [2.05, 4.69) is 12.2 Å². The van der Waals surface area contributed by atoms with E-state index < -0.39 is 5.63 Å². The number of hydrogen-bond donors (Lipinski definition) is 1. The normalized spacial score (nSPS) is 37.0. The third-order valence-electron chi connectivity index (χ3n) is 6.33. The molecule has 1 aromatic rings. The van der Waals surface area contributed by atoms with E-state index >= 15 is 0 Å². The fourth-order valence-corrected chi connectivity index (χ4v) is 5.60. The Morgan fingerprint density at radius 3 is 2.77 bits per heavy atom. The maximum Gasteiger partial charge on any atom is 0.335 e. The Bertz CT molecular complexity index is 617. The van der Waals surface area contributed by atoms with Crippen LogP contribution in [-0.4, -0.2) is 11.9 Å². The smallest absolute Gasteiger partial charge is 0.335 e. The van der Waals surface area contributed by atoms with Gasteiger partial charge in [-0.1, -0.05) is 0 Å². The molecule has 1 N–H and O–H groups in total. The van der Waals surface area contributed by atoms with Crippen LogP contribution in [0.1, 0.15) is 49.4 Å². The molecule has 4 nitrogen and oxygen atoms in total. The molecule has 0 aliphatic heterocycles. The minimum Gasteiger partial charge on any atom is -0.430 e. The van der Waals surface area contributed by atoms with Crippen LogP contribution in [0, 0.1) is 29.6 Å². The summed E-state index contributed by atoms with van der Waals surface area (Å²) in [5.74, 6) is 3.92. The van der Waals surface area contributed by atoms with Crippen LogP contribution in [0.5, 0.6) is 0 Å². The van der Waals surface area contributed by atoms with Crippen LogP contribution in [0.15, 0.2) is 27.6 Å². The molecule has 4 heteroatoms. The molecule has 3 bridgehead atoms. The minimum absolute atomic E-state index is 0.132. The van der Waals surface area contributed by atoms with Crippen LogP contribution in [0.4, 0.5) is 0 Å². The van der Waals surface area contributed by atoms with Gasteiger partial charge in [0.15, 0.2) is 0 Å². The highest BCUT2D eigenvalue weighted by Gasteiger charge is 2.51. The molecular weight excluding hydrogens is 278 g/mol. The largest absolute Gasteiger partial charge is 0.430 e. The van der Waals surface area contributed by atoms with Crippen molar-refractivity contribution in [1.82, 2.24) is 5.32 Å². The second-order valence-electron chi connectivity index (χ2n) is 7.52. The van der Waals surface area contributed by atoms with E-state index in [0.29, 0.717) is 11.5 Å².